The van der Waals surface area contributed by atoms with Gasteiger partial charge in [0.15, 0.2) is 5.96 Å². The number of rotatable bonds is 8. The molecule has 1 aromatic carbocycles. The molecule has 1 rings (SSSR count). The van der Waals surface area contributed by atoms with E-state index in [-0.39, 0.29) is 19.1 Å². The molecule has 0 spiro atoms. The molecule has 9 heteroatoms. The number of alkyl carbamates (subject to hydrolysis) is 2. The highest BCUT2D eigenvalue weighted by Gasteiger charge is 2.16. The smallest absolute Gasteiger partial charge is 0.414 e. The Hall–Kier alpha value is -3.10. The van der Waals surface area contributed by atoms with Crippen LogP contribution < -0.4 is 16.4 Å². The molecule has 0 aromatic heterocycles. The lowest BCUT2D eigenvalue weighted by molar-refractivity contribution is -0.109. The average Bonchev–Trinajstić information content (AvgIpc) is 2.61. The number of nitrogens with zero attached hydrogens (tertiary/aromatic N) is 1. The molecule has 0 radical (unpaired) electrons. The first-order valence-corrected chi connectivity index (χ1v) is 8.92. The van der Waals surface area contributed by atoms with Gasteiger partial charge < -0.3 is 25.3 Å². The van der Waals surface area contributed by atoms with Crippen molar-refractivity contribution in [2.45, 2.75) is 51.9 Å². The summed E-state index contributed by atoms with van der Waals surface area (Å²) in [5, 5.41) is 4.79. The maximum Gasteiger partial charge on any atom is 0.414 e. The molecule has 28 heavy (non-hydrogen) atoms. The first kappa shape index (κ1) is 22.9. The summed E-state index contributed by atoms with van der Waals surface area (Å²) in [5.41, 5.74) is 5.81. The van der Waals surface area contributed by atoms with Crippen molar-refractivity contribution in [3.63, 3.8) is 0 Å². The second-order valence-electron chi connectivity index (χ2n) is 6.98. The Morgan fingerprint density at radius 1 is 1.21 bits per heavy atom. The van der Waals surface area contributed by atoms with Crippen LogP contribution in [0.15, 0.2) is 35.3 Å². The molecule has 154 valence electrons. The van der Waals surface area contributed by atoms with E-state index in [2.05, 4.69) is 15.6 Å². The number of aldehydes is 1. The number of aliphatic imine (C=N–C) groups is 1. The van der Waals surface area contributed by atoms with Gasteiger partial charge in [-0.25, -0.2) is 9.59 Å². The lowest BCUT2D eigenvalue weighted by Gasteiger charge is -2.19. The number of carbonyl (C=O) groups is 3. The van der Waals surface area contributed by atoms with E-state index in [0.29, 0.717) is 19.1 Å². The van der Waals surface area contributed by atoms with E-state index in [9.17, 15) is 14.4 Å². The fourth-order valence-corrected chi connectivity index (χ4v) is 2.05. The number of hydrogen-bond donors (Lipinski definition) is 3. The third kappa shape index (κ3) is 10.8. The van der Waals surface area contributed by atoms with E-state index in [4.69, 9.17) is 15.2 Å². The summed E-state index contributed by atoms with van der Waals surface area (Å²) in [4.78, 5) is 38.4. The number of guanidine groups is 1. The van der Waals surface area contributed by atoms with Crippen molar-refractivity contribution in [1.29, 1.82) is 0 Å². The molecule has 2 amide bonds. The van der Waals surface area contributed by atoms with Gasteiger partial charge >= 0.3 is 12.2 Å². The summed E-state index contributed by atoms with van der Waals surface area (Å²) in [6.07, 6.45) is 0.0973. The molecule has 0 bridgehead atoms. The van der Waals surface area contributed by atoms with Gasteiger partial charge in [-0.05, 0) is 39.2 Å². The van der Waals surface area contributed by atoms with Crippen molar-refractivity contribution < 1.29 is 23.9 Å². The second kappa shape index (κ2) is 11.6. The molecule has 0 saturated heterocycles. The van der Waals surface area contributed by atoms with Crippen molar-refractivity contribution in [2.75, 3.05) is 6.54 Å². The minimum Gasteiger partial charge on any atom is -0.445 e. The van der Waals surface area contributed by atoms with E-state index >= 15 is 0 Å². The van der Waals surface area contributed by atoms with Crippen molar-refractivity contribution >= 4 is 24.4 Å². The minimum absolute atomic E-state index is 0.0767. The van der Waals surface area contributed by atoms with Crippen molar-refractivity contribution in [3.05, 3.63) is 35.9 Å². The van der Waals surface area contributed by atoms with E-state index in [0.717, 1.165) is 5.56 Å². The number of amides is 2. The molecule has 0 aliphatic heterocycles. The Bertz CT molecular complexity index is 671. The molecule has 0 aliphatic carbocycles. The topological polar surface area (TPSA) is 132 Å². The van der Waals surface area contributed by atoms with E-state index in [1.54, 1.807) is 20.8 Å². The second-order valence-corrected chi connectivity index (χ2v) is 6.98. The first-order valence-electron chi connectivity index (χ1n) is 8.92. The molecular formula is C19H28N4O5. The summed E-state index contributed by atoms with van der Waals surface area (Å²) >= 11 is 0. The Morgan fingerprint density at radius 3 is 2.50 bits per heavy atom. The maximum absolute atomic E-state index is 11.8. The third-order valence-electron chi connectivity index (χ3n) is 3.26. The van der Waals surface area contributed by atoms with E-state index in [1.807, 2.05) is 30.3 Å². The monoisotopic (exact) mass is 392 g/mol. The molecular weight excluding hydrogens is 364 g/mol. The number of nitrogens with one attached hydrogen (secondary N) is 2. The summed E-state index contributed by atoms with van der Waals surface area (Å²) in [6, 6.07) is 8.52. The van der Waals surface area contributed by atoms with Gasteiger partial charge in [0.1, 0.15) is 18.5 Å². The molecule has 0 heterocycles. The van der Waals surface area contributed by atoms with Crippen molar-refractivity contribution in [3.8, 4) is 0 Å². The molecule has 0 fully saturated rings. The van der Waals surface area contributed by atoms with Crippen LogP contribution in [-0.4, -0.2) is 42.6 Å². The van der Waals surface area contributed by atoms with Crippen molar-refractivity contribution in [2.24, 2.45) is 10.7 Å². The zero-order valence-electron chi connectivity index (χ0n) is 16.4. The zero-order valence-corrected chi connectivity index (χ0v) is 16.4. The first-order chi connectivity index (χ1) is 13.2. The summed E-state index contributed by atoms with van der Waals surface area (Å²) in [5.74, 6) is -0.0767. The maximum atomic E-state index is 11.8. The Balaban J connectivity index is 2.28. The molecule has 1 atom stereocenters. The van der Waals surface area contributed by atoms with Crippen LogP contribution in [0.5, 0.6) is 0 Å². The van der Waals surface area contributed by atoms with Gasteiger partial charge in [0, 0.05) is 6.54 Å². The van der Waals surface area contributed by atoms with Crippen LogP contribution >= 0.6 is 0 Å². The zero-order chi connectivity index (χ0) is 21.0. The number of benzene rings is 1. The van der Waals surface area contributed by atoms with E-state index < -0.39 is 23.8 Å². The molecule has 1 unspecified atom stereocenters. The largest absolute Gasteiger partial charge is 0.445 e. The number of hydrogen-bond acceptors (Lipinski definition) is 6. The predicted octanol–water partition coefficient (Wildman–Crippen LogP) is 2.10. The quantitative estimate of drug-likeness (QED) is 0.269. The normalized spacial score (nSPS) is 12.6. The Labute approximate surface area is 164 Å². The molecule has 0 saturated carbocycles. The number of ether oxygens (including phenoxy) is 2. The van der Waals surface area contributed by atoms with Crippen LogP contribution in [-0.2, 0) is 20.9 Å². The molecule has 0 aliphatic rings. The van der Waals surface area contributed by atoms with Gasteiger partial charge in [-0.15, -0.1) is 0 Å². The third-order valence-corrected chi connectivity index (χ3v) is 3.26. The number of carbonyl (C=O) groups excluding carboxylic acids is 3. The minimum atomic E-state index is -0.696. The highest BCUT2D eigenvalue weighted by Crippen LogP contribution is 2.06. The lowest BCUT2D eigenvalue weighted by atomic mass is 10.2. The highest BCUT2D eigenvalue weighted by atomic mass is 16.6. The van der Waals surface area contributed by atoms with Gasteiger partial charge in [0.25, 0.3) is 0 Å². The fourth-order valence-electron chi connectivity index (χ4n) is 2.05. The average molecular weight is 392 g/mol. The van der Waals surface area contributed by atoms with Gasteiger partial charge in [-0.1, -0.05) is 30.3 Å². The standard InChI is InChI=1S/C19H28N4O5/c1-19(2,3)28-18(26)23-16(20)21-11-7-10-15(12-24)22-17(25)27-13-14-8-5-4-6-9-14/h4-6,8-9,12,15H,7,10-11,13H2,1-3H3,(H,22,25)(H3,20,21,23,26). The van der Waals surface area contributed by atoms with Crippen LogP contribution in [0.1, 0.15) is 39.2 Å². The molecule has 4 N–H and O–H groups in total. The van der Waals surface area contributed by atoms with Crippen molar-refractivity contribution in [1.82, 2.24) is 10.6 Å². The highest BCUT2D eigenvalue weighted by molar-refractivity contribution is 5.92. The predicted molar refractivity (Wildman–Crippen MR) is 105 cm³/mol. The summed E-state index contributed by atoms with van der Waals surface area (Å²) < 4.78 is 10.1. The van der Waals surface area contributed by atoms with Gasteiger partial charge in [-0.3, -0.25) is 10.3 Å². The SMILES string of the molecule is CC(C)(C)OC(=O)NC(N)=NCCCC(C=O)NC(=O)OCc1ccccc1. The van der Waals surface area contributed by atoms with Crippen LogP contribution in [0, 0.1) is 0 Å². The summed E-state index contributed by atoms with van der Waals surface area (Å²) in [7, 11) is 0. The van der Waals surface area contributed by atoms with Gasteiger partial charge in [0.2, 0.25) is 0 Å². The van der Waals surface area contributed by atoms with Gasteiger partial charge in [-0.2, -0.15) is 0 Å². The van der Waals surface area contributed by atoms with Crippen LogP contribution in [0.3, 0.4) is 0 Å². The van der Waals surface area contributed by atoms with Crippen LogP contribution in [0.2, 0.25) is 0 Å². The van der Waals surface area contributed by atoms with Crippen LogP contribution in [0.25, 0.3) is 0 Å². The Kier molecular flexibility index (Phi) is 9.49. The summed E-state index contributed by atoms with van der Waals surface area (Å²) in [6.45, 7) is 5.59. The molecule has 1 aromatic rings. The van der Waals surface area contributed by atoms with Crippen LogP contribution in [0.4, 0.5) is 9.59 Å². The Morgan fingerprint density at radius 2 is 1.89 bits per heavy atom. The fraction of sp³-hybridized carbons (Fsp3) is 0.474. The lowest BCUT2D eigenvalue weighted by Crippen LogP contribution is -2.40. The van der Waals surface area contributed by atoms with Gasteiger partial charge in [0.05, 0.1) is 6.04 Å². The van der Waals surface area contributed by atoms with E-state index in [1.165, 1.54) is 0 Å². The molecule has 9 nitrogen and oxygen atoms in total. The number of nitrogens with two attached hydrogens (primary N) is 1.